The van der Waals surface area contributed by atoms with Crippen LogP contribution in [0.25, 0.3) is 0 Å². The Balaban J connectivity index is 2.07. The summed E-state index contributed by atoms with van der Waals surface area (Å²) >= 11 is 6.09. The number of halogens is 1. The lowest BCUT2D eigenvalue weighted by atomic mass is 10.0. The minimum Gasteiger partial charge on any atom is -0.497 e. The normalized spacial score (nSPS) is 12.4. The van der Waals surface area contributed by atoms with Gasteiger partial charge in [0.05, 0.1) is 17.7 Å². The lowest BCUT2D eigenvalue weighted by molar-refractivity contribution is -0.141. The molecule has 0 heterocycles. The number of ether oxygens (including phenoxy) is 1. The van der Waals surface area contributed by atoms with E-state index in [4.69, 9.17) is 16.3 Å². The zero-order chi connectivity index (χ0) is 30.4. The second-order valence-electron chi connectivity index (χ2n) is 10.8. The van der Waals surface area contributed by atoms with Gasteiger partial charge in [-0.15, -0.1) is 0 Å². The van der Waals surface area contributed by atoms with E-state index < -0.39 is 34.1 Å². The molecule has 0 radical (unpaired) electrons. The smallest absolute Gasteiger partial charge is 0.264 e. The molecule has 0 saturated carbocycles. The highest BCUT2D eigenvalue weighted by Crippen LogP contribution is 2.27. The van der Waals surface area contributed by atoms with E-state index in [0.29, 0.717) is 17.2 Å². The van der Waals surface area contributed by atoms with Crippen molar-refractivity contribution >= 4 is 39.1 Å². The summed E-state index contributed by atoms with van der Waals surface area (Å²) in [5, 5.41) is 3.39. The van der Waals surface area contributed by atoms with Gasteiger partial charge in [-0.2, -0.15) is 0 Å². The SMILES string of the molecule is CC[C@H](C(=O)NC(C)(C)C)N(Cc1cccc(C)c1)C(=O)CN(c1ccc(Cl)cc1)S(=O)(=O)c1ccc(OC)cc1. The van der Waals surface area contributed by atoms with Crippen LogP contribution in [0, 0.1) is 6.92 Å². The highest BCUT2D eigenvalue weighted by Gasteiger charge is 2.34. The Hall–Kier alpha value is -3.56. The van der Waals surface area contributed by atoms with Crippen molar-refractivity contribution in [1.82, 2.24) is 10.2 Å². The van der Waals surface area contributed by atoms with E-state index in [2.05, 4.69) is 5.32 Å². The van der Waals surface area contributed by atoms with Crippen LogP contribution in [0.2, 0.25) is 5.02 Å². The van der Waals surface area contributed by atoms with Crippen LogP contribution in [0.15, 0.2) is 77.7 Å². The molecule has 0 saturated heterocycles. The third kappa shape index (κ3) is 8.47. The quantitative estimate of drug-likeness (QED) is 0.311. The Kier molecular flexibility index (Phi) is 10.4. The van der Waals surface area contributed by atoms with Crippen LogP contribution in [0.3, 0.4) is 0 Å². The number of methoxy groups -OCH3 is 1. The summed E-state index contributed by atoms with van der Waals surface area (Å²) in [4.78, 5) is 29.0. The molecule has 0 aliphatic carbocycles. The third-order valence-corrected chi connectivity index (χ3v) is 8.40. The largest absolute Gasteiger partial charge is 0.497 e. The lowest BCUT2D eigenvalue weighted by Crippen LogP contribution is -2.55. The molecule has 3 rings (SSSR count). The molecular weight excluding hydrogens is 562 g/mol. The van der Waals surface area contributed by atoms with Gasteiger partial charge in [0.1, 0.15) is 18.3 Å². The zero-order valence-electron chi connectivity index (χ0n) is 24.3. The van der Waals surface area contributed by atoms with Crippen molar-refractivity contribution in [2.24, 2.45) is 0 Å². The van der Waals surface area contributed by atoms with E-state index in [1.807, 2.05) is 58.9 Å². The topological polar surface area (TPSA) is 96.0 Å². The van der Waals surface area contributed by atoms with E-state index >= 15 is 0 Å². The van der Waals surface area contributed by atoms with Crippen LogP contribution in [0.1, 0.15) is 45.2 Å². The standard InChI is InChI=1S/C31H38ClN3O5S/c1-7-28(30(37)33-31(3,4)5)34(20-23-10-8-9-22(2)19-23)29(36)21-35(25-13-11-24(32)12-14-25)41(38,39)27-17-15-26(40-6)16-18-27/h8-19,28H,7,20-21H2,1-6H3,(H,33,37)/t28-/m1/s1. The first-order valence-electron chi connectivity index (χ1n) is 13.3. The van der Waals surface area contributed by atoms with Gasteiger partial charge in [0.2, 0.25) is 11.8 Å². The fourth-order valence-electron chi connectivity index (χ4n) is 4.39. The van der Waals surface area contributed by atoms with E-state index in [1.54, 1.807) is 36.4 Å². The first-order valence-corrected chi connectivity index (χ1v) is 15.2. The number of hydrogen-bond donors (Lipinski definition) is 1. The molecular formula is C31H38ClN3O5S. The molecule has 1 atom stereocenters. The second-order valence-corrected chi connectivity index (χ2v) is 13.1. The van der Waals surface area contributed by atoms with Gasteiger partial charge in [-0.3, -0.25) is 13.9 Å². The summed E-state index contributed by atoms with van der Waals surface area (Å²) in [7, 11) is -2.70. The summed E-state index contributed by atoms with van der Waals surface area (Å²) in [5.41, 5.74) is 1.58. The highest BCUT2D eigenvalue weighted by atomic mass is 35.5. The van der Waals surface area contributed by atoms with Gasteiger partial charge < -0.3 is 15.0 Å². The van der Waals surface area contributed by atoms with Crippen molar-refractivity contribution in [3.63, 3.8) is 0 Å². The molecule has 0 fully saturated rings. The first kappa shape index (κ1) is 32.0. The van der Waals surface area contributed by atoms with E-state index in [1.165, 1.54) is 24.1 Å². The minimum atomic E-state index is -4.19. The number of hydrogen-bond acceptors (Lipinski definition) is 5. The Bertz CT molecular complexity index is 1450. The van der Waals surface area contributed by atoms with Gasteiger partial charge in [0.25, 0.3) is 10.0 Å². The van der Waals surface area contributed by atoms with Crippen molar-refractivity contribution in [3.8, 4) is 5.75 Å². The van der Waals surface area contributed by atoms with E-state index in [9.17, 15) is 18.0 Å². The molecule has 2 amide bonds. The summed E-state index contributed by atoms with van der Waals surface area (Å²) in [6, 6.07) is 19.0. The molecule has 0 aromatic heterocycles. The lowest BCUT2D eigenvalue weighted by Gasteiger charge is -2.34. The number of aryl methyl sites for hydroxylation is 1. The van der Waals surface area contributed by atoms with Crippen LogP contribution < -0.4 is 14.4 Å². The summed E-state index contributed by atoms with van der Waals surface area (Å²) in [5.74, 6) is -0.329. The van der Waals surface area contributed by atoms with Gasteiger partial charge in [0.15, 0.2) is 0 Å². The van der Waals surface area contributed by atoms with Gasteiger partial charge >= 0.3 is 0 Å². The predicted molar refractivity (Wildman–Crippen MR) is 163 cm³/mol. The molecule has 0 spiro atoms. The molecule has 3 aromatic rings. The molecule has 0 unspecified atom stereocenters. The molecule has 220 valence electrons. The van der Waals surface area contributed by atoms with Crippen LogP contribution in [-0.2, 0) is 26.2 Å². The highest BCUT2D eigenvalue weighted by molar-refractivity contribution is 7.92. The first-order chi connectivity index (χ1) is 19.2. The number of nitrogens with zero attached hydrogens (tertiary/aromatic N) is 2. The average Bonchev–Trinajstić information content (AvgIpc) is 2.91. The molecule has 1 N–H and O–H groups in total. The van der Waals surface area contributed by atoms with Crippen molar-refractivity contribution in [2.75, 3.05) is 18.0 Å². The molecule has 0 aliphatic rings. The van der Waals surface area contributed by atoms with Crippen molar-refractivity contribution in [3.05, 3.63) is 88.9 Å². The van der Waals surface area contributed by atoms with E-state index in [-0.39, 0.29) is 23.0 Å². The number of sulfonamides is 1. The fourth-order valence-corrected chi connectivity index (χ4v) is 5.93. The number of benzene rings is 3. The number of rotatable bonds is 11. The summed E-state index contributed by atoms with van der Waals surface area (Å²) < 4.78 is 34.1. The zero-order valence-corrected chi connectivity index (χ0v) is 25.9. The molecule has 10 heteroatoms. The molecule has 0 bridgehead atoms. The number of anilines is 1. The number of carbonyl (C=O) groups is 2. The maximum atomic E-state index is 14.1. The Morgan fingerprint density at radius 2 is 1.63 bits per heavy atom. The molecule has 3 aromatic carbocycles. The van der Waals surface area contributed by atoms with Crippen molar-refractivity contribution < 1.29 is 22.7 Å². The Morgan fingerprint density at radius 1 is 1.00 bits per heavy atom. The van der Waals surface area contributed by atoms with Gasteiger partial charge in [-0.25, -0.2) is 8.42 Å². The number of nitrogens with one attached hydrogen (secondary N) is 1. The minimum absolute atomic E-state index is 0.0104. The number of carbonyl (C=O) groups excluding carboxylic acids is 2. The molecule has 0 aliphatic heterocycles. The average molecular weight is 600 g/mol. The maximum Gasteiger partial charge on any atom is 0.264 e. The summed E-state index contributed by atoms with van der Waals surface area (Å²) in [6.45, 7) is 8.99. The number of amides is 2. The van der Waals surface area contributed by atoms with Crippen LogP contribution in [0.5, 0.6) is 5.75 Å². The summed E-state index contributed by atoms with van der Waals surface area (Å²) in [6.07, 6.45) is 0.339. The van der Waals surface area contributed by atoms with E-state index in [0.717, 1.165) is 15.4 Å². The van der Waals surface area contributed by atoms with Gasteiger partial charge in [-0.05, 0) is 88.2 Å². The third-order valence-electron chi connectivity index (χ3n) is 6.36. The van der Waals surface area contributed by atoms with Crippen LogP contribution in [0.4, 0.5) is 5.69 Å². The van der Waals surface area contributed by atoms with Crippen molar-refractivity contribution in [2.45, 2.75) is 64.1 Å². The predicted octanol–water partition coefficient (Wildman–Crippen LogP) is 5.57. The van der Waals surface area contributed by atoms with Crippen molar-refractivity contribution in [1.29, 1.82) is 0 Å². The van der Waals surface area contributed by atoms with Crippen LogP contribution >= 0.6 is 11.6 Å². The fraction of sp³-hybridized carbons (Fsp3) is 0.355. The monoisotopic (exact) mass is 599 g/mol. The maximum absolute atomic E-state index is 14.1. The Labute approximate surface area is 248 Å². The molecule has 41 heavy (non-hydrogen) atoms. The Morgan fingerprint density at radius 3 is 2.17 bits per heavy atom. The van der Waals surface area contributed by atoms with Gasteiger partial charge in [-0.1, -0.05) is 48.4 Å². The van der Waals surface area contributed by atoms with Crippen LogP contribution in [-0.4, -0.2) is 50.4 Å². The molecule has 8 nitrogen and oxygen atoms in total. The second kappa shape index (κ2) is 13.4. The van der Waals surface area contributed by atoms with Gasteiger partial charge in [0, 0.05) is 17.1 Å².